The Labute approximate surface area is 153 Å². The molecule has 0 spiro atoms. The minimum absolute atomic E-state index is 0.181. The van der Waals surface area contributed by atoms with Crippen LogP contribution in [0.2, 0.25) is 0 Å². The zero-order valence-corrected chi connectivity index (χ0v) is 15.9. The van der Waals surface area contributed by atoms with Crippen LogP contribution in [-0.4, -0.2) is 69.5 Å². The Morgan fingerprint density at radius 2 is 1.96 bits per heavy atom. The van der Waals surface area contributed by atoms with E-state index in [1.165, 1.54) is 17.3 Å². The number of hydrogen-bond donors (Lipinski definition) is 0. The summed E-state index contributed by atoms with van der Waals surface area (Å²) in [5, 5.41) is 9.49. The summed E-state index contributed by atoms with van der Waals surface area (Å²) >= 11 is 1.48. The lowest BCUT2D eigenvalue weighted by Gasteiger charge is -2.32. The molecular weight excluding hydrogens is 334 g/mol. The minimum atomic E-state index is 0.181. The number of carbonyl (C=O) groups excluding carboxylic acids is 1. The summed E-state index contributed by atoms with van der Waals surface area (Å²) in [4.78, 5) is 16.6. The molecular formula is C18H25N5OS. The Balaban J connectivity index is 1.68. The number of aromatic nitrogens is 3. The van der Waals surface area contributed by atoms with Crippen LogP contribution >= 0.6 is 11.8 Å². The zero-order valence-electron chi connectivity index (χ0n) is 15.1. The van der Waals surface area contributed by atoms with Crippen LogP contribution in [0.25, 0.3) is 11.4 Å². The minimum Gasteiger partial charge on any atom is -0.339 e. The van der Waals surface area contributed by atoms with E-state index < -0.39 is 0 Å². The third-order valence-corrected chi connectivity index (χ3v) is 5.44. The van der Waals surface area contributed by atoms with Crippen LogP contribution in [0.5, 0.6) is 0 Å². The number of hydrogen-bond acceptors (Lipinski definition) is 5. The standard InChI is InChI=1S/C18H25N5OS/c1-4-23-17(15-7-5-6-14(2)12-15)19-20-18(23)25-13-16(24)22-10-8-21(3)9-11-22/h5-7,12H,4,8-11,13H2,1-3H3. The predicted molar refractivity (Wildman–Crippen MR) is 101 cm³/mol. The molecule has 134 valence electrons. The van der Waals surface area contributed by atoms with Crippen molar-refractivity contribution in [3.8, 4) is 11.4 Å². The largest absolute Gasteiger partial charge is 0.339 e. The normalized spacial score (nSPS) is 15.6. The molecule has 1 aliphatic rings. The molecule has 0 unspecified atom stereocenters. The van der Waals surface area contributed by atoms with Gasteiger partial charge in [-0.1, -0.05) is 35.5 Å². The monoisotopic (exact) mass is 359 g/mol. The van der Waals surface area contributed by atoms with E-state index in [4.69, 9.17) is 0 Å². The van der Waals surface area contributed by atoms with Gasteiger partial charge in [-0.3, -0.25) is 4.79 Å². The Morgan fingerprint density at radius 3 is 2.64 bits per heavy atom. The predicted octanol–water partition coefficient (Wildman–Crippen LogP) is 2.14. The quantitative estimate of drug-likeness (QED) is 0.766. The number of nitrogens with zero attached hydrogens (tertiary/aromatic N) is 5. The fourth-order valence-corrected chi connectivity index (χ4v) is 3.86. The van der Waals surface area contributed by atoms with Crippen molar-refractivity contribution < 1.29 is 4.79 Å². The summed E-state index contributed by atoms with van der Waals surface area (Å²) < 4.78 is 2.08. The van der Waals surface area contributed by atoms with Crippen LogP contribution in [-0.2, 0) is 11.3 Å². The number of thioether (sulfide) groups is 1. The van der Waals surface area contributed by atoms with Crippen molar-refractivity contribution in [1.82, 2.24) is 24.6 Å². The van der Waals surface area contributed by atoms with Crippen LogP contribution in [0.1, 0.15) is 12.5 Å². The summed E-state index contributed by atoms with van der Waals surface area (Å²) in [6.07, 6.45) is 0. The molecule has 1 amide bonds. The molecule has 0 aliphatic carbocycles. The second-order valence-corrected chi connectivity index (χ2v) is 7.34. The van der Waals surface area contributed by atoms with Gasteiger partial charge in [-0.05, 0) is 27.0 Å². The first-order valence-electron chi connectivity index (χ1n) is 8.68. The van der Waals surface area contributed by atoms with Gasteiger partial charge in [0.05, 0.1) is 5.75 Å². The molecule has 0 saturated carbocycles. The summed E-state index contributed by atoms with van der Waals surface area (Å²) in [7, 11) is 2.09. The average Bonchev–Trinajstić information content (AvgIpc) is 3.03. The first-order chi connectivity index (χ1) is 12.1. The van der Waals surface area contributed by atoms with Crippen molar-refractivity contribution in [1.29, 1.82) is 0 Å². The fraction of sp³-hybridized carbons (Fsp3) is 0.500. The summed E-state index contributed by atoms with van der Waals surface area (Å²) in [6.45, 7) is 8.44. The first-order valence-corrected chi connectivity index (χ1v) is 9.66. The molecule has 3 rings (SSSR count). The molecule has 1 aromatic carbocycles. The zero-order chi connectivity index (χ0) is 17.8. The van der Waals surface area contributed by atoms with Gasteiger partial charge in [0.15, 0.2) is 11.0 Å². The molecule has 25 heavy (non-hydrogen) atoms. The molecule has 1 saturated heterocycles. The van der Waals surface area contributed by atoms with E-state index in [2.05, 4.69) is 52.7 Å². The molecule has 0 bridgehead atoms. The highest BCUT2D eigenvalue weighted by Gasteiger charge is 2.20. The van der Waals surface area contributed by atoms with Gasteiger partial charge in [-0.25, -0.2) is 0 Å². The molecule has 6 nitrogen and oxygen atoms in total. The number of amides is 1. The lowest BCUT2D eigenvalue weighted by atomic mass is 10.1. The average molecular weight is 359 g/mol. The van der Waals surface area contributed by atoms with Crippen LogP contribution in [0.15, 0.2) is 29.4 Å². The van der Waals surface area contributed by atoms with Crippen molar-refractivity contribution in [2.75, 3.05) is 39.0 Å². The van der Waals surface area contributed by atoms with Gasteiger partial charge in [0.25, 0.3) is 0 Å². The van der Waals surface area contributed by atoms with E-state index in [1.807, 2.05) is 17.0 Å². The van der Waals surface area contributed by atoms with Gasteiger partial charge in [-0.15, -0.1) is 10.2 Å². The Bertz CT molecular complexity index is 737. The van der Waals surface area contributed by atoms with E-state index in [-0.39, 0.29) is 5.91 Å². The molecule has 0 atom stereocenters. The summed E-state index contributed by atoms with van der Waals surface area (Å²) in [5.74, 6) is 1.46. The third-order valence-electron chi connectivity index (χ3n) is 4.49. The second-order valence-electron chi connectivity index (χ2n) is 6.39. The van der Waals surface area contributed by atoms with Gasteiger partial charge in [0, 0.05) is 38.3 Å². The summed E-state index contributed by atoms with van der Waals surface area (Å²) in [5.41, 5.74) is 2.26. The molecule has 1 fully saturated rings. The van der Waals surface area contributed by atoms with Crippen molar-refractivity contribution in [3.63, 3.8) is 0 Å². The van der Waals surface area contributed by atoms with E-state index >= 15 is 0 Å². The Hall–Kier alpha value is -1.86. The van der Waals surface area contributed by atoms with Crippen LogP contribution in [0, 0.1) is 6.92 Å². The number of benzene rings is 1. The van der Waals surface area contributed by atoms with E-state index in [0.717, 1.165) is 49.3 Å². The number of carbonyl (C=O) groups is 1. The van der Waals surface area contributed by atoms with Crippen molar-refractivity contribution in [2.45, 2.75) is 25.5 Å². The maximum Gasteiger partial charge on any atom is 0.233 e. The molecule has 1 aliphatic heterocycles. The van der Waals surface area contributed by atoms with E-state index in [9.17, 15) is 4.79 Å². The smallest absolute Gasteiger partial charge is 0.233 e. The van der Waals surface area contributed by atoms with Crippen LogP contribution in [0.3, 0.4) is 0 Å². The highest BCUT2D eigenvalue weighted by atomic mass is 32.2. The van der Waals surface area contributed by atoms with Gasteiger partial charge in [0.2, 0.25) is 5.91 Å². The summed E-state index contributed by atoms with van der Waals surface area (Å²) in [6, 6.07) is 8.26. The highest BCUT2D eigenvalue weighted by Crippen LogP contribution is 2.24. The van der Waals surface area contributed by atoms with Gasteiger partial charge in [0.1, 0.15) is 0 Å². The lowest BCUT2D eigenvalue weighted by Crippen LogP contribution is -2.47. The third kappa shape index (κ3) is 4.22. The molecule has 2 heterocycles. The van der Waals surface area contributed by atoms with Crippen LogP contribution in [0.4, 0.5) is 0 Å². The van der Waals surface area contributed by atoms with E-state index in [1.54, 1.807) is 0 Å². The lowest BCUT2D eigenvalue weighted by molar-refractivity contribution is -0.129. The Morgan fingerprint density at radius 1 is 1.20 bits per heavy atom. The topological polar surface area (TPSA) is 54.3 Å². The van der Waals surface area contributed by atoms with Crippen molar-refractivity contribution in [2.24, 2.45) is 0 Å². The number of likely N-dealkylation sites (N-methyl/N-ethyl adjacent to an activating group) is 1. The van der Waals surface area contributed by atoms with E-state index in [0.29, 0.717) is 5.75 Å². The maximum absolute atomic E-state index is 12.4. The maximum atomic E-state index is 12.4. The first kappa shape index (κ1) is 17.9. The second kappa shape index (κ2) is 8.01. The van der Waals surface area contributed by atoms with Crippen molar-refractivity contribution >= 4 is 17.7 Å². The van der Waals surface area contributed by atoms with Gasteiger partial charge < -0.3 is 14.4 Å². The SMILES string of the molecule is CCn1c(SCC(=O)N2CCN(C)CC2)nnc1-c1cccc(C)c1. The molecule has 2 aromatic rings. The molecule has 0 N–H and O–H groups in total. The van der Waals surface area contributed by atoms with Gasteiger partial charge in [-0.2, -0.15) is 0 Å². The fourth-order valence-electron chi connectivity index (χ4n) is 2.95. The highest BCUT2D eigenvalue weighted by molar-refractivity contribution is 7.99. The van der Waals surface area contributed by atoms with Crippen LogP contribution < -0.4 is 0 Å². The molecule has 1 aromatic heterocycles. The van der Waals surface area contributed by atoms with Gasteiger partial charge >= 0.3 is 0 Å². The van der Waals surface area contributed by atoms with Crippen molar-refractivity contribution in [3.05, 3.63) is 29.8 Å². The number of piperazine rings is 1. The Kier molecular flexibility index (Phi) is 5.75. The number of rotatable bonds is 5. The molecule has 0 radical (unpaired) electrons. The molecule has 7 heteroatoms. The number of aryl methyl sites for hydroxylation is 1.